The summed E-state index contributed by atoms with van der Waals surface area (Å²) < 4.78 is 19.0. The quantitative estimate of drug-likeness (QED) is 0.432. The van der Waals surface area contributed by atoms with Gasteiger partial charge in [-0.15, -0.1) is 0 Å². The van der Waals surface area contributed by atoms with Crippen molar-refractivity contribution in [1.29, 1.82) is 0 Å². The fourth-order valence-corrected chi connectivity index (χ4v) is 4.08. The molecule has 1 saturated heterocycles. The summed E-state index contributed by atoms with van der Waals surface area (Å²) in [5.74, 6) is 1.02. The van der Waals surface area contributed by atoms with Gasteiger partial charge in [0.15, 0.2) is 5.16 Å². The van der Waals surface area contributed by atoms with E-state index in [9.17, 15) is 9.18 Å². The Morgan fingerprint density at radius 3 is 2.66 bits per heavy atom. The standard InChI is InChI=1S/C23H24FN5O2S/c1-31-18-6-4-5-17(15-18)28-11-13-29(14-12-28)21-9-10-25-23(27-21)32-16-22(30)26-20-8-3-2-7-19(20)24/h2-10,15H,11-14,16H2,1H3,(H,26,30). The lowest BCUT2D eigenvalue weighted by Gasteiger charge is -2.36. The molecule has 166 valence electrons. The van der Waals surface area contributed by atoms with Crippen molar-refractivity contribution in [3.05, 3.63) is 66.6 Å². The highest BCUT2D eigenvalue weighted by Crippen LogP contribution is 2.24. The summed E-state index contributed by atoms with van der Waals surface area (Å²) in [4.78, 5) is 25.6. The molecule has 4 rings (SSSR count). The van der Waals surface area contributed by atoms with Crippen molar-refractivity contribution in [3.8, 4) is 5.75 Å². The maximum atomic E-state index is 13.7. The van der Waals surface area contributed by atoms with Crippen molar-refractivity contribution in [1.82, 2.24) is 9.97 Å². The molecule has 9 heteroatoms. The number of thioether (sulfide) groups is 1. The van der Waals surface area contributed by atoms with E-state index in [1.807, 2.05) is 24.3 Å². The van der Waals surface area contributed by atoms with Crippen LogP contribution in [0, 0.1) is 5.82 Å². The molecule has 1 aliphatic heterocycles. The first kappa shape index (κ1) is 21.9. The number of para-hydroxylation sites is 1. The Labute approximate surface area is 190 Å². The van der Waals surface area contributed by atoms with Gasteiger partial charge in [0.25, 0.3) is 0 Å². The summed E-state index contributed by atoms with van der Waals surface area (Å²) in [6.07, 6.45) is 1.70. The molecule has 1 aromatic heterocycles. The first-order valence-electron chi connectivity index (χ1n) is 10.3. The maximum absolute atomic E-state index is 13.7. The van der Waals surface area contributed by atoms with E-state index in [1.54, 1.807) is 25.4 Å². The molecule has 3 aromatic rings. The number of nitrogens with zero attached hydrogens (tertiary/aromatic N) is 4. The number of carbonyl (C=O) groups is 1. The molecular weight excluding hydrogens is 429 g/mol. The highest BCUT2D eigenvalue weighted by molar-refractivity contribution is 7.99. The Bertz CT molecular complexity index is 1080. The summed E-state index contributed by atoms with van der Waals surface area (Å²) in [5.41, 5.74) is 1.31. The minimum atomic E-state index is -0.461. The van der Waals surface area contributed by atoms with Crippen LogP contribution in [-0.4, -0.2) is 54.9 Å². The zero-order valence-corrected chi connectivity index (χ0v) is 18.5. The van der Waals surface area contributed by atoms with Gasteiger partial charge in [-0.25, -0.2) is 14.4 Å². The number of hydrogen-bond donors (Lipinski definition) is 1. The second kappa shape index (κ2) is 10.3. The van der Waals surface area contributed by atoms with Gasteiger partial charge in [0, 0.05) is 44.1 Å². The van der Waals surface area contributed by atoms with Crippen LogP contribution in [0.5, 0.6) is 5.75 Å². The molecule has 0 atom stereocenters. The molecule has 1 fully saturated rings. The van der Waals surface area contributed by atoms with Crippen molar-refractivity contribution in [2.75, 3.05) is 54.2 Å². The molecule has 1 N–H and O–H groups in total. The normalized spacial score (nSPS) is 13.7. The lowest BCUT2D eigenvalue weighted by atomic mass is 10.2. The number of anilines is 3. The number of benzene rings is 2. The van der Waals surface area contributed by atoms with Crippen LogP contribution in [0.2, 0.25) is 0 Å². The van der Waals surface area contributed by atoms with E-state index in [4.69, 9.17) is 4.74 Å². The molecule has 1 amide bonds. The zero-order chi connectivity index (χ0) is 22.3. The predicted octanol–water partition coefficient (Wildman–Crippen LogP) is 3.68. The van der Waals surface area contributed by atoms with Gasteiger partial charge in [-0.1, -0.05) is 30.0 Å². The van der Waals surface area contributed by atoms with Crippen LogP contribution in [0.4, 0.5) is 21.6 Å². The molecular formula is C23H24FN5O2S. The smallest absolute Gasteiger partial charge is 0.234 e. The first-order chi connectivity index (χ1) is 15.6. The average molecular weight is 454 g/mol. The van der Waals surface area contributed by atoms with Crippen molar-refractivity contribution in [3.63, 3.8) is 0 Å². The van der Waals surface area contributed by atoms with Crippen molar-refractivity contribution < 1.29 is 13.9 Å². The van der Waals surface area contributed by atoms with Gasteiger partial charge in [-0.2, -0.15) is 0 Å². The number of amides is 1. The summed E-state index contributed by atoms with van der Waals surface area (Å²) in [6, 6.07) is 16.0. The molecule has 32 heavy (non-hydrogen) atoms. The molecule has 0 aliphatic carbocycles. The number of halogens is 1. The van der Waals surface area contributed by atoms with Gasteiger partial charge in [0.1, 0.15) is 17.4 Å². The van der Waals surface area contributed by atoms with Crippen molar-refractivity contribution in [2.45, 2.75) is 5.16 Å². The number of aromatic nitrogens is 2. The largest absolute Gasteiger partial charge is 0.497 e. The molecule has 0 spiro atoms. The second-order valence-electron chi connectivity index (χ2n) is 7.19. The Kier molecular flexibility index (Phi) is 7.06. The number of ether oxygens (including phenoxy) is 1. The van der Waals surface area contributed by atoms with E-state index in [2.05, 4.69) is 31.2 Å². The SMILES string of the molecule is COc1cccc(N2CCN(c3ccnc(SCC(=O)Nc4ccccc4F)n3)CC2)c1. The van der Waals surface area contributed by atoms with Gasteiger partial charge in [-0.3, -0.25) is 4.79 Å². The van der Waals surface area contributed by atoms with Crippen LogP contribution in [-0.2, 0) is 4.79 Å². The van der Waals surface area contributed by atoms with Crippen LogP contribution in [0.25, 0.3) is 0 Å². The van der Waals surface area contributed by atoms with E-state index in [-0.39, 0.29) is 17.3 Å². The van der Waals surface area contributed by atoms with Crippen molar-refractivity contribution in [2.24, 2.45) is 0 Å². The number of methoxy groups -OCH3 is 1. The Morgan fingerprint density at radius 2 is 1.88 bits per heavy atom. The molecule has 2 aromatic carbocycles. The van der Waals surface area contributed by atoms with Gasteiger partial charge < -0.3 is 19.9 Å². The number of hydrogen-bond acceptors (Lipinski definition) is 7. The lowest BCUT2D eigenvalue weighted by molar-refractivity contribution is -0.113. The van der Waals surface area contributed by atoms with Crippen LogP contribution in [0.1, 0.15) is 0 Å². The fraction of sp³-hybridized carbons (Fsp3) is 0.261. The molecule has 0 radical (unpaired) electrons. The lowest BCUT2D eigenvalue weighted by Crippen LogP contribution is -2.46. The third kappa shape index (κ3) is 5.47. The molecule has 7 nitrogen and oxygen atoms in total. The minimum Gasteiger partial charge on any atom is -0.497 e. The van der Waals surface area contributed by atoms with E-state index in [0.29, 0.717) is 5.16 Å². The summed E-state index contributed by atoms with van der Waals surface area (Å²) in [7, 11) is 1.67. The van der Waals surface area contributed by atoms with Crippen LogP contribution < -0.4 is 19.9 Å². The van der Waals surface area contributed by atoms with Crippen LogP contribution in [0.3, 0.4) is 0 Å². The maximum Gasteiger partial charge on any atom is 0.234 e. The molecule has 0 bridgehead atoms. The predicted molar refractivity (Wildman–Crippen MR) is 125 cm³/mol. The summed E-state index contributed by atoms with van der Waals surface area (Å²) in [5, 5.41) is 3.09. The molecule has 1 aliphatic rings. The molecule has 2 heterocycles. The number of rotatable bonds is 7. The summed E-state index contributed by atoms with van der Waals surface area (Å²) in [6.45, 7) is 3.38. The number of carbonyl (C=O) groups excluding carboxylic acids is 1. The van der Waals surface area contributed by atoms with Gasteiger partial charge in [-0.05, 0) is 30.3 Å². The Balaban J connectivity index is 1.31. The van der Waals surface area contributed by atoms with Crippen molar-refractivity contribution >= 4 is 34.9 Å². The Morgan fingerprint density at radius 1 is 1.09 bits per heavy atom. The third-order valence-corrected chi connectivity index (χ3v) is 5.98. The third-order valence-electron chi connectivity index (χ3n) is 5.12. The minimum absolute atomic E-state index is 0.0986. The first-order valence-corrected chi connectivity index (χ1v) is 11.2. The van der Waals surface area contributed by atoms with E-state index in [1.165, 1.54) is 23.9 Å². The number of nitrogens with one attached hydrogen (secondary N) is 1. The monoisotopic (exact) mass is 453 g/mol. The number of piperazine rings is 1. The van der Waals surface area contributed by atoms with Crippen LogP contribution in [0.15, 0.2) is 66.0 Å². The highest BCUT2D eigenvalue weighted by atomic mass is 32.2. The summed E-state index contributed by atoms with van der Waals surface area (Å²) >= 11 is 1.23. The topological polar surface area (TPSA) is 70.6 Å². The Hall–Kier alpha value is -3.33. The van der Waals surface area contributed by atoms with Gasteiger partial charge in [0.05, 0.1) is 18.6 Å². The van der Waals surface area contributed by atoms with Gasteiger partial charge in [0.2, 0.25) is 5.91 Å². The molecule has 0 saturated carbocycles. The average Bonchev–Trinajstić information content (AvgIpc) is 2.84. The fourth-order valence-electron chi connectivity index (χ4n) is 3.46. The van der Waals surface area contributed by atoms with Crippen LogP contribution >= 0.6 is 11.8 Å². The highest BCUT2D eigenvalue weighted by Gasteiger charge is 2.19. The zero-order valence-electron chi connectivity index (χ0n) is 17.7. The van der Waals surface area contributed by atoms with Gasteiger partial charge >= 0.3 is 0 Å². The van der Waals surface area contributed by atoms with E-state index < -0.39 is 5.82 Å². The second-order valence-corrected chi connectivity index (χ2v) is 8.13. The van der Waals surface area contributed by atoms with E-state index in [0.717, 1.165) is 43.4 Å². The van der Waals surface area contributed by atoms with E-state index >= 15 is 0 Å². The molecule has 0 unspecified atom stereocenters.